The van der Waals surface area contributed by atoms with Gasteiger partial charge in [0.1, 0.15) is 6.04 Å². The van der Waals surface area contributed by atoms with Gasteiger partial charge in [-0.2, -0.15) is 13.2 Å². The summed E-state index contributed by atoms with van der Waals surface area (Å²) >= 11 is 0. The van der Waals surface area contributed by atoms with Gasteiger partial charge >= 0.3 is 12.1 Å². The van der Waals surface area contributed by atoms with Crippen LogP contribution in [0.5, 0.6) is 0 Å². The van der Waals surface area contributed by atoms with E-state index in [1.54, 1.807) is 13.8 Å². The molecule has 0 saturated heterocycles. The van der Waals surface area contributed by atoms with E-state index in [2.05, 4.69) is 5.32 Å². The molecule has 0 bridgehead atoms. The molecule has 22 heavy (non-hydrogen) atoms. The highest BCUT2D eigenvalue weighted by molar-refractivity contribution is 6.02. The summed E-state index contributed by atoms with van der Waals surface area (Å²) in [6.07, 6.45) is -1.96. The fourth-order valence-corrected chi connectivity index (χ4v) is 3.43. The van der Waals surface area contributed by atoms with E-state index in [-0.39, 0.29) is 29.0 Å². The largest absolute Gasteiger partial charge is 0.480 e. The van der Waals surface area contributed by atoms with Gasteiger partial charge in [0.2, 0.25) is 0 Å². The maximum absolute atomic E-state index is 12.8. The number of aliphatic carboxylic acids is 1. The molecule has 2 aliphatic carbocycles. The number of hydrogen-bond donors (Lipinski definition) is 2. The summed E-state index contributed by atoms with van der Waals surface area (Å²) in [7, 11) is 0. The highest BCUT2D eigenvalue weighted by atomic mass is 19.4. The molecular weight excluding hydrogens is 299 g/mol. The lowest BCUT2D eigenvalue weighted by atomic mass is 9.62. The van der Waals surface area contributed by atoms with Crippen LogP contribution in [0.25, 0.3) is 0 Å². The van der Waals surface area contributed by atoms with E-state index in [1.165, 1.54) is 0 Å². The number of fused-ring (bicyclic) bond motifs is 1. The van der Waals surface area contributed by atoms with Crippen LogP contribution in [0.2, 0.25) is 0 Å². The first kappa shape index (κ1) is 16.8. The van der Waals surface area contributed by atoms with Crippen molar-refractivity contribution >= 4 is 11.8 Å². The van der Waals surface area contributed by atoms with Gasteiger partial charge in [-0.05, 0) is 24.7 Å². The average Bonchev–Trinajstić information content (AvgIpc) is 2.38. The standard InChI is InChI=1S/C15H20F3NO3/c1-7(2)11(14(21)22)19-12-9-6-4-3-5-8(9)10(12)13(20)15(16,17)18/h7-9,11,19H,3-6H2,1-2H3,(H,21,22). The van der Waals surface area contributed by atoms with Crippen molar-refractivity contribution in [3.05, 3.63) is 11.3 Å². The van der Waals surface area contributed by atoms with Crippen LogP contribution in [0.1, 0.15) is 39.5 Å². The Kier molecular flexibility index (Phi) is 4.54. The van der Waals surface area contributed by atoms with E-state index < -0.39 is 24.0 Å². The zero-order chi connectivity index (χ0) is 16.7. The summed E-state index contributed by atoms with van der Waals surface area (Å²) < 4.78 is 38.3. The highest BCUT2D eigenvalue weighted by Gasteiger charge is 2.52. The fraction of sp³-hybridized carbons (Fsp3) is 0.733. The molecule has 0 aromatic rings. The molecule has 4 nitrogen and oxygen atoms in total. The van der Waals surface area contributed by atoms with Crippen LogP contribution in [0.15, 0.2) is 11.3 Å². The van der Waals surface area contributed by atoms with Gasteiger partial charge in [0.05, 0.1) is 0 Å². The van der Waals surface area contributed by atoms with Crippen LogP contribution in [-0.2, 0) is 9.59 Å². The number of hydrogen-bond acceptors (Lipinski definition) is 3. The predicted molar refractivity (Wildman–Crippen MR) is 72.9 cm³/mol. The molecule has 1 fully saturated rings. The number of carbonyl (C=O) groups excluding carboxylic acids is 1. The first-order chi connectivity index (χ1) is 10.1. The van der Waals surface area contributed by atoms with Gasteiger partial charge in [-0.3, -0.25) is 4.79 Å². The summed E-state index contributed by atoms with van der Waals surface area (Å²) in [5, 5.41) is 11.9. The molecule has 0 radical (unpaired) electrons. The van der Waals surface area contributed by atoms with Gasteiger partial charge in [-0.25, -0.2) is 4.79 Å². The second-order valence-electron chi connectivity index (χ2n) is 6.36. The Morgan fingerprint density at radius 3 is 2.18 bits per heavy atom. The second-order valence-corrected chi connectivity index (χ2v) is 6.36. The third-order valence-corrected chi connectivity index (χ3v) is 4.54. The maximum atomic E-state index is 12.8. The lowest BCUT2D eigenvalue weighted by Gasteiger charge is -2.46. The Labute approximate surface area is 126 Å². The molecule has 124 valence electrons. The van der Waals surface area contributed by atoms with E-state index in [0.29, 0.717) is 12.8 Å². The van der Waals surface area contributed by atoms with Crippen LogP contribution >= 0.6 is 0 Å². The smallest absolute Gasteiger partial charge is 0.454 e. The maximum Gasteiger partial charge on any atom is 0.454 e. The van der Waals surface area contributed by atoms with Crippen molar-refractivity contribution in [1.82, 2.24) is 5.32 Å². The summed E-state index contributed by atoms with van der Waals surface area (Å²) in [5.41, 5.74) is -0.0442. The molecule has 3 unspecified atom stereocenters. The molecule has 1 saturated carbocycles. The van der Waals surface area contributed by atoms with Crippen molar-refractivity contribution in [2.24, 2.45) is 17.8 Å². The van der Waals surface area contributed by atoms with Gasteiger partial charge in [0.25, 0.3) is 5.78 Å². The van der Waals surface area contributed by atoms with Crippen molar-refractivity contribution in [3.63, 3.8) is 0 Å². The van der Waals surface area contributed by atoms with Gasteiger partial charge in [0, 0.05) is 17.2 Å². The van der Waals surface area contributed by atoms with E-state index >= 15 is 0 Å². The number of ketones is 1. The molecule has 7 heteroatoms. The summed E-state index contributed by atoms with van der Waals surface area (Å²) in [5.74, 6) is -3.77. The zero-order valence-electron chi connectivity index (χ0n) is 12.5. The van der Waals surface area contributed by atoms with Crippen LogP contribution < -0.4 is 5.32 Å². The number of rotatable bonds is 5. The van der Waals surface area contributed by atoms with Crippen molar-refractivity contribution in [2.45, 2.75) is 51.7 Å². The Morgan fingerprint density at radius 1 is 1.18 bits per heavy atom. The van der Waals surface area contributed by atoms with Crippen LogP contribution in [0.3, 0.4) is 0 Å². The molecule has 2 rings (SSSR count). The number of Topliss-reactive ketones (excluding diaryl/α,β-unsaturated/α-hetero) is 1. The van der Waals surface area contributed by atoms with E-state index in [1.807, 2.05) is 0 Å². The molecule has 3 atom stereocenters. The monoisotopic (exact) mass is 319 g/mol. The van der Waals surface area contributed by atoms with Crippen molar-refractivity contribution < 1.29 is 27.9 Å². The minimum absolute atomic E-state index is 0.143. The Balaban J connectivity index is 2.33. The number of carboxylic acid groups (broad SMARTS) is 1. The molecule has 0 aliphatic heterocycles. The number of carbonyl (C=O) groups is 2. The third kappa shape index (κ3) is 2.98. The minimum atomic E-state index is -4.92. The third-order valence-electron chi connectivity index (χ3n) is 4.54. The average molecular weight is 319 g/mol. The molecule has 0 aromatic heterocycles. The predicted octanol–water partition coefficient (Wildman–Crippen LogP) is 2.89. The van der Waals surface area contributed by atoms with Crippen LogP contribution in [0, 0.1) is 17.8 Å². The van der Waals surface area contributed by atoms with Crippen molar-refractivity contribution in [1.29, 1.82) is 0 Å². The van der Waals surface area contributed by atoms with E-state index in [4.69, 9.17) is 0 Å². The van der Waals surface area contributed by atoms with E-state index in [0.717, 1.165) is 12.8 Å². The van der Waals surface area contributed by atoms with Gasteiger partial charge in [0.15, 0.2) is 0 Å². The Hall–Kier alpha value is -1.53. The number of nitrogens with one attached hydrogen (secondary N) is 1. The number of alkyl halides is 3. The summed E-state index contributed by atoms with van der Waals surface area (Å²) in [4.78, 5) is 22.9. The quantitative estimate of drug-likeness (QED) is 0.818. The molecule has 0 aromatic carbocycles. The summed E-state index contributed by atoms with van der Waals surface area (Å²) in [6, 6.07) is -0.992. The minimum Gasteiger partial charge on any atom is -0.480 e. The fourth-order valence-electron chi connectivity index (χ4n) is 3.43. The highest BCUT2D eigenvalue weighted by Crippen LogP contribution is 2.50. The molecule has 2 N–H and O–H groups in total. The Bertz CT molecular complexity index is 511. The number of halogens is 3. The Morgan fingerprint density at radius 2 is 1.73 bits per heavy atom. The molecule has 2 aliphatic rings. The zero-order valence-corrected chi connectivity index (χ0v) is 12.5. The normalized spacial score (nSPS) is 26.3. The van der Waals surface area contributed by atoms with Crippen LogP contribution in [0.4, 0.5) is 13.2 Å². The number of carboxylic acids is 1. The first-order valence-electron chi connectivity index (χ1n) is 7.49. The van der Waals surface area contributed by atoms with E-state index in [9.17, 15) is 27.9 Å². The van der Waals surface area contributed by atoms with Crippen molar-refractivity contribution in [3.8, 4) is 0 Å². The first-order valence-corrected chi connectivity index (χ1v) is 7.49. The van der Waals surface area contributed by atoms with Gasteiger partial charge < -0.3 is 10.4 Å². The molecule has 0 amide bonds. The molecule has 0 spiro atoms. The SMILES string of the molecule is CC(C)C(NC1=C(C(=O)C(F)(F)F)C2CCCCC12)C(=O)O. The summed E-state index contributed by atoms with van der Waals surface area (Å²) in [6.45, 7) is 3.35. The lowest BCUT2D eigenvalue weighted by molar-refractivity contribution is -0.168. The van der Waals surface area contributed by atoms with Crippen molar-refractivity contribution in [2.75, 3.05) is 0 Å². The lowest BCUT2D eigenvalue weighted by Crippen LogP contribution is -2.51. The van der Waals surface area contributed by atoms with Crippen LogP contribution in [-0.4, -0.2) is 29.1 Å². The number of allylic oxidation sites excluding steroid dienone is 2. The van der Waals surface area contributed by atoms with Gasteiger partial charge in [-0.1, -0.05) is 26.7 Å². The topological polar surface area (TPSA) is 66.4 Å². The molecule has 0 heterocycles. The molecular formula is C15H20F3NO3. The van der Waals surface area contributed by atoms with Gasteiger partial charge in [-0.15, -0.1) is 0 Å². The second kappa shape index (κ2) is 5.93.